The summed E-state index contributed by atoms with van der Waals surface area (Å²) in [7, 11) is 0. The number of aromatic amines is 1. The van der Waals surface area contributed by atoms with E-state index in [-0.39, 0.29) is 18.0 Å². The summed E-state index contributed by atoms with van der Waals surface area (Å²) in [6.45, 7) is 3.26. The zero-order valence-corrected chi connectivity index (χ0v) is 13.0. The van der Waals surface area contributed by atoms with Gasteiger partial charge in [-0.1, -0.05) is 29.5 Å². The van der Waals surface area contributed by atoms with Crippen molar-refractivity contribution in [2.75, 3.05) is 24.6 Å². The summed E-state index contributed by atoms with van der Waals surface area (Å²) in [5.74, 6) is 1.45. The van der Waals surface area contributed by atoms with Crippen molar-refractivity contribution in [3.63, 3.8) is 0 Å². The van der Waals surface area contributed by atoms with Crippen LogP contribution in [0.1, 0.15) is 5.56 Å². The predicted octanol–water partition coefficient (Wildman–Crippen LogP) is 1.08. The summed E-state index contributed by atoms with van der Waals surface area (Å²) >= 11 is 1.27. The number of hydrogen-bond acceptors (Lipinski definition) is 6. The van der Waals surface area contributed by atoms with Gasteiger partial charge >= 0.3 is 0 Å². The molecule has 1 aromatic heterocycles. The predicted molar refractivity (Wildman–Crippen MR) is 83.7 cm³/mol. The third-order valence-electron chi connectivity index (χ3n) is 3.33. The second-order valence-electron chi connectivity index (χ2n) is 5.14. The van der Waals surface area contributed by atoms with Crippen LogP contribution in [-0.2, 0) is 4.79 Å². The highest BCUT2D eigenvalue weighted by Gasteiger charge is 2.32. The molecular weight excluding hydrogens is 302 g/mol. The summed E-state index contributed by atoms with van der Waals surface area (Å²) in [5, 5.41) is 6.90. The Morgan fingerprint density at radius 3 is 2.82 bits per heavy atom. The van der Waals surface area contributed by atoms with Crippen LogP contribution in [0.2, 0.25) is 0 Å². The van der Waals surface area contributed by atoms with E-state index in [1.54, 1.807) is 4.90 Å². The van der Waals surface area contributed by atoms with Crippen LogP contribution in [0.25, 0.3) is 0 Å². The van der Waals surface area contributed by atoms with Gasteiger partial charge in [-0.05, 0) is 19.1 Å². The Balaban J connectivity index is 1.40. The van der Waals surface area contributed by atoms with E-state index in [0.29, 0.717) is 24.0 Å². The number of nitrogens with zero attached hydrogens (tertiary/aromatic N) is 3. The number of ether oxygens (including phenoxy) is 1. The quantitative estimate of drug-likeness (QED) is 0.800. The maximum absolute atomic E-state index is 12.0. The van der Waals surface area contributed by atoms with E-state index in [1.807, 2.05) is 31.2 Å². The molecule has 1 aliphatic rings. The monoisotopic (exact) mass is 319 g/mol. The van der Waals surface area contributed by atoms with Crippen LogP contribution in [0.15, 0.2) is 29.4 Å². The number of benzene rings is 1. The van der Waals surface area contributed by atoms with Gasteiger partial charge in [0.1, 0.15) is 11.9 Å². The lowest BCUT2D eigenvalue weighted by Crippen LogP contribution is -2.56. The molecule has 1 aliphatic heterocycles. The Labute approximate surface area is 132 Å². The molecule has 3 N–H and O–H groups in total. The summed E-state index contributed by atoms with van der Waals surface area (Å²) < 4.78 is 5.80. The highest BCUT2D eigenvalue weighted by molar-refractivity contribution is 7.99. The fourth-order valence-electron chi connectivity index (χ4n) is 2.07. The van der Waals surface area contributed by atoms with E-state index in [0.717, 1.165) is 5.75 Å². The molecule has 1 aromatic carbocycles. The van der Waals surface area contributed by atoms with E-state index < -0.39 is 0 Å². The first-order valence-corrected chi connectivity index (χ1v) is 7.90. The molecule has 116 valence electrons. The molecule has 3 rings (SSSR count). The molecule has 1 saturated heterocycles. The molecule has 0 saturated carbocycles. The Bertz CT molecular complexity index is 652. The van der Waals surface area contributed by atoms with Crippen molar-refractivity contribution < 1.29 is 9.53 Å². The third kappa shape index (κ3) is 3.51. The molecule has 8 heteroatoms. The molecule has 0 radical (unpaired) electrons. The fourth-order valence-corrected chi connectivity index (χ4v) is 2.77. The van der Waals surface area contributed by atoms with Gasteiger partial charge in [0.2, 0.25) is 17.0 Å². The molecule has 0 spiro atoms. The number of amides is 1. The highest BCUT2D eigenvalue weighted by Crippen LogP contribution is 2.20. The van der Waals surface area contributed by atoms with Crippen molar-refractivity contribution in [2.45, 2.75) is 18.2 Å². The van der Waals surface area contributed by atoms with Gasteiger partial charge in [-0.15, -0.1) is 5.10 Å². The average Bonchev–Trinajstić information content (AvgIpc) is 2.87. The lowest BCUT2D eigenvalue weighted by atomic mass is 10.1. The first kappa shape index (κ1) is 14.7. The van der Waals surface area contributed by atoms with E-state index in [2.05, 4.69) is 15.2 Å². The second kappa shape index (κ2) is 6.27. The fraction of sp³-hybridized carbons (Fsp3) is 0.357. The van der Waals surface area contributed by atoms with Gasteiger partial charge in [0.05, 0.1) is 18.8 Å². The third-order valence-corrected chi connectivity index (χ3v) is 4.16. The zero-order chi connectivity index (χ0) is 15.5. The largest absolute Gasteiger partial charge is 0.487 e. The van der Waals surface area contributed by atoms with Crippen molar-refractivity contribution in [3.8, 4) is 5.75 Å². The zero-order valence-electron chi connectivity index (χ0n) is 12.2. The number of nitrogens with one attached hydrogen (secondary N) is 1. The molecule has 22 heavy (non-hydrogen) atoms. The Morgan fingerprint density at radius 2 is 2.18 bits per heavy atom. The minimum atomic E-state index is 0.0529. The van der Waals surface area contributed by atoms with Crippen LogP contribution in [0.5, 0.6) is 5.75 Å². The van der Waals surface area contributed by atoms with Gasteiger partial charge in [-0.3, -0.25) is 4.79 Å². The molecule has 0 bridgehead atoms. The number of H-pyrrole nitrogens is 1. The van der Waals surface area contributed by atoms with E-state index in [1.165, 1.54) is 17.3 Å². The van der Waals surface area contributed by atoms with Crippen LogP contribution in [0, 0.1) is 6.92 Å². The summed E-state index contributed by atoms with van der Waals surface area (Å²) in [6, 6.07) is 7.92. The summed E-state index contributed by atoms with van der Waals surface area (Å²) in [6.07, 6.45) is 0.0656. The maximum atomic E-state index is 12.0. The number of carbonyl (C=O) groups excluding carboxylic acids is 1. The topological polar surface area (TPSA) is 97.1 Å². The first-order chi connectivity index (χ1) is 10.6. The molecular formula is C14H17N5O2S. The van der Waals surface area contributed by atoms with Gasteiger partial charge in [-0.25, -0.2) is 5.10 Å². The second-order valence-corrected chi connectivity index (χ2v) is 6.09. The standard InChI is InChI=1S/C14H17N5O2S/c1-9-2-4-10(5-3-9)21-11-6-19(7-11)12(20)8-22-14-16-13(15)17-18-14/h2-5,11H,6-8H2,1H3,(H3,15,16,17,18). The summed E-state index contributed by atoms with van der Waals surface area (Å²) in [4.78, 5) is 17.7. The number of aromatic nitrogens is 3. The van der Waals surface area contributed by atoms with Crippen molar-refractivity contribution in [1.82, 2.24) is 20.1 Å². The normalized spacial score (nSPS) is 14.7. The number of hydrogen-bond donors (Lipinski definition) is 2. The number of likely N-dealkylation sites (tertiary alicyclic amines) is 1. The first-order valence-electron chi connectivity index (χ1n) is 6.92. The minimum Gasteiger partial charge on any atom is -0.487 e. The van der Waals surface area contributed by atoms with Gasteiger partial charge in [0.25, 0.3) is 0 Å². The smallest absolute Gasteiger partial charge is 0.233 e. The molecule has 2 heterocycles. The lowest BCUT2D eigenvalue weighted by molar-refractivity contribution is -0.137. The van der Waals surface area contributed by atoms with E-state index in [9.17, 15) is 4.79 Å². The molecule has 2 aromatic rings. The summed E-state index contributed by atoms with van der Waals surface area (Å²) in [5.41, 5.74) is 6.63. The van der Waals surface area contributed by atoms with Crippen LogP contribution < -0.4 is 10.5 Å². The number of thioether (sulfide) groups is 1. The molecule has 0 aliphatic carbocycles. The van der Waals surface area contributed by atoms with Gasteiger partial charge < -0.3 is 15.4 Å². The lowest BCUT2D eigenvalue weighted by Gasteiger charge is -2.38. The van der Waals surface area contributed by atoms with Crippen molar-refractivity contribution >= 4 is 23.6 Å². The Hall–Kier alpha value is -2.22. The maximum Gasteiger partial charge on any atom is 0.233 e. The number of nitrogens with two attached hydrogens (primary N) is 1. The van der Waals surface area contributed by atoms with E-state index in [4.69, 9.17) is 10.5 Å². The number of aryl methyl sites for hydroxylation is 1. The molecule has 1 fully saturated rings. The van der Waals surface area contributed by atoms with E-state index >= 15 is 0 Å². The number of rotatable bonds is 5. The van der Waals surface area contributed by atoms with Crippen molar-refractivity contribution in [1.29, 1.82) is 0 Å². The number of carbonyl (C=O) groups is 1. The van der Waals surface area contributed by atoms with Crippen molar-refractivity contribution in [3.05, 3.63) is 29.8 Å². The molecule has 0 atom stereocenters. The number of nitrogen functional groups attached to an aromatic ring is 1. The van der Waals surface area contributed by atoms with Crippen LogP contribution >= 0.6 is 11.8 Å². The Kier molecular flexibility index (Phi) is 4.19. The number of anilines is 1. The minimum absolute atomic E-state index is 0.0529. The van der Waals surface area contributed by atoms with Crippen LogP contribution in [-0.4, -0.2) is 50.9 Å². The van der Waals surface area contributed by atoms with Gasteiger partial charge in [0, 0.05) is 0 Å². The highest BCUT2D eigenvalue weighted by atomic mass is 32.2. The molecule has 7 nitrogen and oxygen atoms in total. The van der Waals surface area contributed by atoms with Gasteiger partial charge in [0.15, 0.2) is 0 Å². The molecule has 0 unspecified atom stereocenters. The van der Waals surface area contributed by atoms with Crippen molar-refractivity contribution in [2.24, 2.45) is 0 Å². The SMILES string of the molecule is Cc1ccc(OC2CN(C(=O)CSc3n[nH]c(N)n3)C2)cc1. The van der Waals surface area contributed by atoms with Crippen LogP contribution in [0.4, 0.5) is 5.95 Å². The Morgan fingerprint density at radius 1 is 1.45 bits per heavy atom. The molecule has 1 amide bonds. The van der Waals surface area contributed by atoms with Crippen LogP contribution in [0.3, 0.4) is 0 Å². The average molecular weight is 319 g/mol. The van der Waals surface area contributed by atoms with Gasteiger partial charge in [-0.2, -0.15) is 4.98 Å².